The number of hydrogen-bond donors (Lipinski definition) is 2. The molecule has 1 aliphatic rings. The molecular weight excluding hydrogens is 444 g/mol. The van der Waals surface area contributed by atoms with Gasteiger partial charge in [0.25, 0.3) is 5.91 Å². The second-order valence-electron chi connectivity index (χ2n) is 7.30. The number of benzene rings is 2. The SMILES string of the molecule is CCOc1cc(CN2CCN(C(=O)c3ccccc3OC)CC2)ccc1OC.O=C(O)C(=O)O. The van der Waals surface area contributed by atoms with Crippen molar-refractivity contribution < 1.29 is 38.8 Å². The zero-order valence-corrected chi connectivity index (χ0v) is 19.5. The number of carboxylic acid groups (broad SMARTS) is 2. The Kier molecular flexibility index (Phi) is 10.2. The maximum Gasteiger partial charge on any atom is 0.414 e. The zero-order chi connectivity index (χ0) is 25.1. The Bertz CT molecular complexity index is 975. The van der Waals surface area contributed by atoms with Crippen LogP contribution in [0.3, 0.4) is 0 Å². The molecule has 34 heavy (non-hydrogen) atoms. The van der Waals surface area contributed by atoms with Crippen molar-refractivity contribution in [1.29, 1.82) is 0 Å². The fourth-order valence-electron chi connectivity index (χ4n) is 3.45. The van der Waals surface area contributed by atoms with Crippen LogP contribution in [-0.4, -0.2) is 84.9 Å². The number of hydrogen-bond acceptors (Lipinski definition) is 7. The Morgan fingerprint density at radius 2 is 1.47 bits per heavy atom. The van der Waals surface area contributed by atoms with E-state index in [9.17, 15) is 4.79 Å². The van der Waals surface area contributed by atoms with Gasteiger partial charge in [0.05, 0.1) is 26.4 Å². The van der Waals surface area contributed by atoms with Crippen LogP contribution in [0.5, 0.6) is 17.2 Å². The molecule has 0 unspecified atom stereocenters. The summed E-state index contributed by atoms with van der Waals surface area (Å²) in [6, 6.07) is 13.4. The third-order valence-electron chi connectivity index (χ3n) is 5.11. The van der Waals surface area contributed by atoms with Crippen LogP contribution in [0.4, 0.5) is 0 Å². The van der Waals surface area contributed by atoms with Crippen LogP contribution in [0.2, 0.25) is 0 Å². The first-order valence-electron chi connectivity index (χ1n) is 10.7. The van der Waals surface area contributed by atoms with E-state index in [0.29, 0.717) is 31.0 Å². The molecule has 0 saturated carbocycles. The molecular formula is C24H30N2O8. The summed E-state index contributed by atoms with van der Waals surface area (Å²) >= 11 is 0. The van der Waals surface area contributed by atoms with Crippen molar-refractivity contribution in [2.75, 3.05) is 47.0 Å². The van der Waals surface area contributed by atoms with Gasteiger partial charge in [0.15, 0.2) is 11.5 Å². The van der Waals surface area contributed by atoms with Crippen molar-refractivity contribution in [2.24, 2.45) is 0 Å². The number of rotatable bonds is 7. The van der Waals surface area contributed by atoms with Crippen molar-refractivity contribution in [3.8, 4) is 17.2 Å². The van der Waals surface area contributed by atoms with Crippen LogP contribution >= 0.6 is 0 Å². The largest absolute Gasteiger partial charge is 0.496 e. The third-order valence-corrected chi connectivity index (χ3v) is 5.11. The molecule has 1 fully saturated rings. The highest BCUT2D eigenvalue weighted by Gasteiger charge is 2.24. The van der Waals surface area contributed by atoms with Crippen molar-refractivity contribution >= 4 is 17.8 Å². The van der Waals surface area contributed by atoms with Crippen LogP contribution in [0, 0.1) is 0 Å². The standard InChI is InChI=1S/C22H28N2O4.C2H2O4/c1-4-28-21-15-17(9-10-20(21)27-3)16-23-11-13-24(14-12-23)22(25)18-7-5-6-8-19(18)26-2;3-1(4)2(5)6/h5-10,15H,4,11-14,16H2,1-3H3;(H,3,4)(H,5,6). The number of aliphatic carboxylic acids is 2. The number of para-hydroxylation sites is 1. The first-order chi connectivity index (χ1) is 16.3. The molecule has 0 spiro atoms. The van der Waals surface area contributed by atoms with Crippen molar-refractivity contribution in [1.82, 2.24) is 9.80 Å². The van der Waals surface area contributed by atoms with Gasteiger partial charge >= 0.3 is 11.9 Å². The molecule has 10 nitrogen and oxygen atoms in total. The van der Waals surface area contributed by atoms with Gasteiger partial charge < -0.3 is 29.3 Å². The highest BCUT2D eigenvalue weighted by atomic mass is 16.5. The maximum atomic E-state index is 12.8. The predicted octanol–water partition coefficient (Wildman–Crippen LogP) is 2.22. The molecule has 3 rings (SSSR count). The number of amides is 1. The summed E-state index contributed by atoms with van der Waals surface area (Å²) < 4.78 is 16.3. The monoisotopic (exact) mass is 474 g/mol. The molecule has 1 saturated heterocycles. The highest BCUT2D eigenvalue weighted by molar-refractivity contribution is 6.27. The van der Waals surface area contributed by atoms with E-state index in [1.165, 1.54) is 5.56 Å². The van der Waals surface area contributed by atoms with E-state index in [1.54, 1.807) is 14.2 Å². The minimum atomic E-state index is -1.82. The molecule has 1 aliphatic heterocycles. The first-order valence-corrected chi connectivity index (χ1v) is 10.7. The number of methoxy groups -OCH3 is 2. The number of carbonyl (C=O) groups is 3. The second-order valence-corrected chi connectivity index (χ2v) is 7.30. The molecule has 0 aliphatic carbocycles. The number of piperazine rings is 1. The van der Waals surface area contributed by atoms with Gasteiger partial charge in [0, 0.05) is 32.7 Å². The molecule has 184 valence electrons. The fourth-order valence-corrected chi connectivity index (χ4v) is 3.45. The minimum Gasteiger partial charge on any atom is -0.496 e. The number of nitrogens with zero attached hydrogens (tertiary/aromatic N) is 2. The predicted molar refractivity (Wildman–Crippen MR) is 124 cm³/mol. The average molecular weight is 475 g/mol. The number of carbonyl (C=O) groups excluding carboxylic acids is 1. The van der Waals surface area contributed by atoms with Crippen molar-refractivity contribution in [2.45, 2.75) is 13.5 Å². The van der Waals surface area contributed by atoms with E-state index < -0.39 is 11.9 Å². The van der Waals surface area contributed by atoms with E-state index in [2.05, 4.69) is 11.0 Å². The number of carboxylic acids is 2. The van der Waals surface area contributed by atoms with Crippen LogP contribution in [0.1, 0.15) is 22.8 Å². The van der Waals surface area contributed by atoms with Gasteiger partial charge in [-0.25, -0.2) is 9.59 Å². The molecule has 0 atom stereocenters. The molecule has 1 amide bonds. The van der Waals surface area contributed by atoms with Crippen molar-refractivity contribution in [3.63, 3.8) is 0 Å². The van der Waals surface area contributed by atoms with Gasteiger partial charge in [0.1, 0.15) is 5.75 Å². The van der Waals surface area contributed by atoms with E-state index in [4.69, 9.17) is 34.0 Å². The molecule has 0 radical (unpaired) electrons. The lowest BCUT2D eigenvalue weighted by atomic mass is 10.1. The van der Waals surface area contributed by atoms with E-state index in [-0.39, 0.29) is 5.91 Å². The van der Waals surface area contributed by atoms with E-state index >= 15 is 0 Å². The topological polar surface area (TPSA) is 126 Å². The lowest BCUT2D eigenvalue weighted by molar-refractivity contribution is -0.159. The molecule has 1 heterocycles. The van der Waals surface area contributed by atoms with Crippen LogP contribution in [0.25, 0.3) is 0 Å². The van der Waals surface area contributed by atoms with Gasteiger partial charge in [-0.15, -0.1) is 0 Å². The lowest BCUT2D eigenvalue weighted by Crippen LogP contribution is -2.48. The normalized spacial score (nSPS) is 13.3. The second kappa shape index (κ2) is 13.0. The van der Waals surface area contributed by atoms with Crippen LogP contribution in [0.15, 0.2) is 42.5 Å². The van der Waals surface area contributed by atoms with Gasteiger partial charge in [-0.05, 0) is 36.8 Å². The Balaban J connectivity index is 0.000000604. The summed E-state index contributed by atoms with van der Waals surface area (Å²) in [5.41, 5.74) is 1.80. The molecule has 10 heteroatoms. The average Bonchev–Trinajstić information content (AvgIpc) is 2.85. The summed E-state index contributed by atoms with van der Waals surface area (Å²) in [6.07, 6.45) is 0. The van der Waals surface area contributed by atoms with E-state index in [0.717, 1.165) is 31.1 Å². The summed E-state index contributed by atoms with van der Waals surface area (Å²) in [6.45, 7) is 6.44. The Morgan fingerprint density at radius 1 is 0.853 bits per heavy atom. The van der Waals surface area contributed by atoms with Gasteiger partial charge in [-0.3, -0.25) is 9.69 Å². The molecule has 0 aromatic heterocycles. The lowest BCUT2D eigenvalue weighted by Gasteiger charge is -2.35. The van der Waals surface area contributed by atoms with Crippen LogP contribution < -0.4 is 14.2 Å². The highest BCUT2D eigenvalue weighted by Crippen LogP contribution is 2.29. The summed E-state index contributed by atoms with van der Waals surface area (Å²) in [4.78, 5) is 35.3. The smallest absolute Gasteiger partial charge is 0.414 e. The zero-order valence-electron chi connectivity index (χ0n) is 19.5. The van der Waals surface area contributed by atoms with Gasteiger partial charge in [-0.1, -0.05) is 18.2 Å². The van der Waals surface area contributed by atoms with Gasteiger partial charge in [0.2, 0.25) is 0 Å². The summed E-state index contributed by atoms with van der Waals surface area (Å²) in [7, 11) is 3.24. The third kappa shape index (κ3) is 7.38. The Hall–Kier alpha value is -3.79. The Labute approximate surface area is 198 Å². The molecule has 2 N–H and O–H groups in total. The maximum absolute atomic E-state index is 12.8. The molecule has 2 aromatic rings. The molecule has 2 aromatic carbocycles. The minimum absolute atomic E-state index is 0.0279. The molecule has 0 bridgehead atoms. The van der Waals surface area contributed by atoms with Crippen molar-refractivity contribution in [3.05, 3.63) is 53.6 Å². The van der Waals surface area contributed by atoms with E-state index in [1.807, 2.05) is 48.2 Å². The Morgan fingerprint density at radius 3 is 2.03 bits per heavy atom. The van der Waals surface area contributed by atoms with Crippen LogP contribution in [-0.2, 0) is 16.1 Å². The quantitative estimate of drug-likeness (QED) is 0.581. The number of ether oxygens (including phenoxy) is 3. The fraction of sp³-hybridized carbons (Fsp3) is 0.375. The first kappa shape index (κ1) is 26.5. The summed E-state index contributed by atoms with van der Waals surface area (Å²) in [5.74, 6) is -1.48. The summed E-state index contributed by atoms with van der Waals surface area (Å²) in [5, 5.41) is 14.8. The van der Waals surface area contributed by atoms with Gasteiger partial charge in [-0.2, -0.15) is 0 Å².